The summed E-state index contributed by atoms with van der Waals surface area (Å²) in [5.41, 5.74) is 8.88. The third-order valence-corrected chi connectivity index (χ3v) is 2.88. The SMILES string of the molecule is Cc1ccccc1C=[N+](C)C.NC(=S)c1ccccc1. The first-order chi connectivity index (χ1) is 9.50. The molecule has 2 N–H and O–H groups in total. The van der Waals surface area contributed by atoms with E-state index in [-0.39, 0.29) is 0 Å². The predicted octanol–water partition coefficient (Wildman–Crippen LogP) is 3.01. The molecule has 0 amide bonds. The van der Waals surface area contributed by atoms with Crippen LogP contribution in [-0.4, -0.2) is 29.9 Å². The molecule has 0 heterocycles. The van der Waals surface area contributed by atoms with Gasteiger partial charge in [0, 0.05) is 11.1 Å². The number of nitrogens with zero attached hydrogens (tertiary/aromatic N) is 1. The Bertz CT molecular complexity index is 585. The molecule has 0 radical (unpaired) electrons. The lowest BCUT2D eigenvalue weighted by Gasteiger charge is -1.95. The van der Waals surface area contributed by atoms with Crippen LogP contribution in [0.4, 0.5) is 0 Å². The van der Waals surface area contributed by atoms with E-state index in [2.05, 4.69) is 42.0 Å². The fourth-order valence-electron chi connectivity index (χ4n) is 1.61. The van der Waals surface area contributed by atoms with Crippen LogP contribution in [0.2, 0.25) is 0 Å². The van der Waals surface area contributed by atoms with Gasteiger partial charge in [0.05, 0.1) is 0 Å². The summed E-state index contributed by atoms with van der Waals surface area (Å²) in [6.07, 6.45) is 2.12. The third kappa shape index (κ3) is 5.76. The lowest BCUT2D eigenvalue weighted by Crippen LogP contribution is -2.08. The zero-order valence-electron chi connectivity index (χ0n) is 12.2. The summed E-state index contributed by atoms with van der Waals surface area (Å²) in [5, 5.41) is 0. The average Bonchev–Trinajstić information content (AvgIpc) is 2.43. The van der Waals surface area contributed by atoms with Gasteiger partial charge in [-0.2, -0.15) is 0 Å². The first-order valence-corrected chi connectivity index (χ1v) is 6.83. The summed E-state index contributed by atoms with van der Waals surface area (Å²) in [5.74, 6) is 0. The number of hydrogen-bond donors (Lipinski definition) is 1. The van der Waals surface area contributed by atoms with Gasteiger partial charge >= 0.3 is 0 Å². The van der Waals surface area contributed by atoms with Gasteiger partial charge < -0.3 is 5.73 Å². The van der Waals surface area contributed by atoms with Gasteiger partial charge in [0.2, 0.25) is 0 Å². The van der Waals surface area contributed by atoms with Crippen molar-refractivity contribution in [2.24, 2.45) is 5.73 Å². The fourth-order valence-corrected chi connectivity index (χ4v) is 1.75. The third-order valence-electron chi connectivity index (χ3n) is 2.64. The molecule has 2 nitrogen and oxygen atoms in total. The van der Waals surface area contributed by atoms with E-state index in [1.165, 1.54) is 11.1 Å². The van der Waals surface area contributed by atoms with Gasteiger partial charge in [-0.15, -0.1) is 0 Å². The van der Waals surface area contributed by atoms with Crippen molar-refractivity contribution in [1.82, 2.24) is 0 Å². The molecular weight excluding hydrogens is 264 g/mol. The van der Waals surface area contributed by atoms with Gasteiger partial charge in [-0.1, -0.05) is 60.7 Å². The van der Waals surface area contributed by atoms with Crippen LogP contribution in [0.1, 0.15) is 16.7 Å². The number of nitrogens with two attached hydrogens (primary N) is 1. The van der Waals surface area contributed by atoms with E-state index in [4.69, 9.17) is 18.0 Å². The minimum atomic E-state index is 0.454. The van der Waals surface area contributed by atoms with E-state index in [0.717, 1.165) is 5.56 Å². The first kappa shape index (κ1) is 16.1. The van der Waals surface area contributed by atoms with Gasteiger partial charge in [0.15, 0.2) is 6.21 Å². The fraction of sp³-hybridized carbons (Fsp3) is 0.176. The standard InChI is InChI=1S/C10H14N.C7H7NS/c1-9-6-4-5-7-10(9)8-11(2)3;8-7(9)6-4-2-1-3-5-6/h4-8H,1-3H3;1-5H,(H2,8,9)/q+1;. The lowest BCUT2D eigenvalue weighted by molar-refractivity contribution is -0.458. The molecule has 0 spiro atoms. The zero-order chi connectivity index (χ0) is 15.0. The highest BCUT2D eigenvalue weighted by Crippen LogP contribution is 2.02. The van der Waals surface area contributed by atoms with Crippen molar-refractivity contribution in [2.45, 2.75) is 6.92 Å². The average molecular weight is 285 g/mol. The van der Waals surface area contributed by atoms with Crippen molar-refractivity contribution in [3.05, 3.63) is 71.3 Å². The summed E-state index contributed by atoms with van der Waals surface area (Å²) >= 11 is 4.74. The Morgan fingerprint density at radius 3 is 2.00 bits per heavy atom. The van der Waals surface area contributed by atoms with Crippen LogP contribution in [-0.2, 0) is 0 Å². The molecule has 0 unspecified atom stereocenters. The van der Waals surface area contributed by atoms with Crippen LogP contribution < -0.4 is 5.73 Å². The maximum absolute atomic E-state index is 5.35. The highest BCUT2D eigenvalue weighted by molar-refractivity contribution is 7.80. The van der Waals surface area contributed by atoms with E-state index >= 15 is 0 Å². The molecule has 3 heteroatoms. The van der Waals surface area contributed by atoms with Crippen LogP contribution >= 0.6 is 12.2 Å². The first-order valence-electron chi connectivity index (χ1n) is 6.42. The Kier molecular flexibility index (Phi) is 6.60. The quantitative estimate of drug-likeness (QED) is 0.522. The van der Waals surface area contributed by atoms with Crippen LogP contribution in [0.15, 0.2) is 54.6 Å². The van der Waals surface area contributed by atoms with Crippen molar-refractivity contribution in [1.29, 1.82) is 0 Å². The molecule has 2 rings (SSSR count). The van der Waals surface area contributed by atoms with Crippen LogP contribution in [0, 0.1) is 6.92 Å². The molecule has 0 fully saturated rings. The molecule has 0 saturated carbocycles. The number of benzene rings is 2. The normalized spacial score (nSPS) is 9.15. The largest absolute Gasteiger partial charge is 0.389 e. The topological polar surface area (TPSA) is 29.0 Å². The second kappa shape index (κ2) is 8.23. The van der Waals surface area contributed by atoms with Crippen molar-refractivity contribution in [2.75, 3.05) is 14.1 Å². The number of thiocarbonyl (C=S) groups is 1. The summed E-state index contributed by atoms with van der Waals surface area (Å²) in [6, 6.07) is 17.9. The molecular formula is C17H21N2S+. The van der Waals surface area contributed by atoms with Gasteiger partial charge in [-0.3, -0.25) is 0 Å². The number of aryl methyl sites for hydroxylation is 1. The summed E-state index contributed by atoms with van der Waals surface area (Å²) < 4.78 is 2.06. The van der Waals surface area contributed by atoms with E-state index in [1.807, 2.05) is 44.4 Å². The molecule has 0 aromatic heterocycles. The van der Waals surface area contributed by atoms with Crippen molar-refractivity contribution < 1.29 is 4.58 Å². The molecule has 0 bridgehead atoms. The maximum Gasteiger partial charge on any atom is 0.170 e. The lowest BCUT2D eigenvalue weighted by atomic mass is 10.1. The Morgan fingerprint density at radius 2 is 1.55 bits per heavy atom. The molecule has 0 saturated heterocycles. The van der Waals surface area contributed by atoms with Crippen molar-refractivity contribution >= 4 is 23.4 Å². The second-order valence-electron chi connectivity index (χ2n) is 4.68. The van der Waals surface area contributed by atoms with Crippen LogP contribution in [0.3, 0.4) is 0 Å². The Balaban J connectivity index is 0.000000204. The van der Waals surface area contributed by atoms with Gasteiger partial charge in [-0.25, -0.2) is 4.58 Å². The molecule has 104 valence electrons. The zero-order valence-corrected chi connectivity index (χ0v) is 13.0. The monoisotopic (exact) mass is 285 g/mol. The van der Waals surface area contributed by atoms with E-state index in [9.17, 15) is 0 Å². The van der Waals surface area contributed by atoms with Crippen molar-refractivity contribution in [3.8, 4) is 0 Å². The second-order valence-corrected chi connectivity index (χ2v) is 5.12. The highest BCUT2D eigenvalue weighted by Gasteiger charge is 1.95. The number of rotatable bonds is 2. The van der Waals surface area contributed by atoms with E-state index in [0.29, 0.717) is 4.99 Å². The summed E-state index contributed by atoms with van der Waals surface area (Å²) in [6.45, 7) is 2.12. The van der Waals surface area contributed by atoms with Crippen LogP contribution in [0.5, 0.6) is 0 Å². The number of hydrogen-bond acceptors (Lipinski definition) is 1. The van der Waals surface area contributed by atoms with Crippen LogP contribution in [0.25, 0.3) is 0 Å². The Labute approximate surface area is 126 Å². The van der Waals surface area contributed by atoms with Gasteiger partial charge in [0.25, 0.3) is 0 Å². The molecule has 0 aliphatic heterocycles. The minimum Gasteiger partial charge on any atom is -0.389 e. The molecule has 2 aromatic carbocycles. The molecule has 0 aliphatic carbocycles. The van der Waals surface area contributed by atoms with Crippen molar-refractivity contribution in [3.63, 3.8) is 0 Å². The summed E-state index contributed by atoms with van der Waals surface area (Å²) in [7, 11) is 4.07. The minimum absolute atomic E-state index is 0.454. The molecule has 0 aliphatic rings. The molecule has 2 aromatic rings. The van der Waals surface area contributed by atoms with E-state index < -0.39 is 0 Å². The molecule has 0 atom stereocenters. The molecule has 20 heavy (non-hydrogen) atoms. The highest BCUT2D eigenvalue weighted by atomic mass is 32.1. The maximum atomic E-state index is 5.35. The van der Waals surface area contributed by atoms with E-state index in [1.54, 1.807) is 0 Å². The predicted molar refractivity (Wildman–Crippen MR) is 90.8 cm³/mol. The summed E-state index contributed by atoms with van der Waals surface area (Å²) in [4.78, 5) is 0.454. The van der Waals surface area contributed by atoms with Gasteiger partial charge in [0.1, 0.15) is 19.1 Å². The van der Waals surface area contributed by atoms with Gasteiger partial charge in [-0.05, 0) is 18.6 Å². The smallest absolute Gasteiger partial charge is 0.170 e. The Morgan fingerprint density at radius 1 is 1.00 bits per heavy atom. The Hall–Kier alpha value is -2.00.